The Morgan fingerprint density at radius 1 is 1.74 bits per heavy atom. The summed E-state index contributed by atoms with van der Waals surface area (Å²) in [6, 6.07) is 5.96. The molecule has 1 aliphatic rings. The highest BCUT2D eigenvalue weighted by Gasteiger charge is 2.40. The van der Waals surface area contributed by atoms with Gasteiger partial charge in [-0.05, 0) is 44.5 Å². The number of benzene rings is 1. The summed E-state index contributed by atoms with van der Waals surface area (Å²) in [5, 5.41) is 4.93. The lowest BCUT2D eigenvalue weighted by atomic mass is 9.71. The summed E-state index contributed by atoms with van der Waals surface area (Å²) in [6.07, 6.45) is -2.45. The molecular formula is C16H25NO2. The number of methoxy groups -OCH3 is 1. The van der Waals surface area contributed by atoms with E-state index in [0.29, 0.717) is 10.6 Å². The number of hydrogen-bond donors (Lipinski definition) is 1. The Morgan fingerprint density at radius 3 is 3.37 bits per heavy atom. The van der Waals surface area contributed by atoms with Crippen molar-refractivity contribution in [2.75, 3.05) is 27.6 Å². The van der Waals surface area contributed by atoms with Gasteiger partial charge in [-0.15, -0.1) is 0 Å². The van der Waals surface area contributed by atoms with Crippen molar-refractivity contribution >= 4 is 0 Å². The zero-order valence-electron chi connectivity index (χ0n) is 20.2. The van der Waals surface area contributed by atoms with E-state index in [9.17, 15) is 0 Å². The van der Waals surface area contributed by atoms with Crippen molar-refractivity contribution in [3.8, 4) is 5.75 Å². The highest BCUT2D eigenvalue weighted by Crippen LogP contribution is 2.42. The summed E-state index contributed by atoms with van der Waals surface area (Å²) in [5.74, 6) is -2.12. The van der Waals surface area contributed by atoms with Crippen LogP contribution in [-0.2, 0) is 5.60 Å². The van der Waals surface area contributed by atoms with Gasteiger partial charge in [0.15, 0.2) is 0 Å². The third-order valence-electron chi connectivity index (χ3n) is 3.18. The Hall–Kier alpha value is -1.06. The molecule has 0 aromatic heterocycles. The molecule has 19 heavy (non-hydrogen) atoms. The van der Waals surface area contributed by atoms with Crippen LogP contribution in [0.4, 0.5) is 0 Å². The van der Waals surface area contributed by atoms with Gasteiger partial charge in [-0.2, -0.15) is 0 Å². The molecule has 0 heterocycles. The van der Waals surface area contributed by atoms with Crippen LogP contribution in [0.15, 0.2) is 24.3 Å². The normalized spacial score (nSPS) is 42.4. The molecule has 0 unspecified atom stereocenters. The van der Waals surface area contributed by atoms with Gasteiger partial charge in [0.2, 0.25) is 1.43 Å². The van der Waals surface area contributed by atoms with E-state index in [-0.39, 0.29) is 24.8 Å². The predicted molar refractivity (Wildman–Crippen MR) is 77.4 cm³/mol. The van der Waals surface area contributed by atoms with Gasteiger partial charge < -0.3 is 14.7 Å². The van der Waals surface area contributed by atoms with Gasteiger partial charge in [0, 0.05) is 23.4 Å². The van der Waals surface area contributed by atoms with Crippen molar-refractivity contribution in [2.24, 2.45) is 5.89 Å². The lowest BCUT2D eigenvalue weighted by Gasteiger charge is -2.41. The molecule has 1 fully saturated rings. The van der Waals surface area contributed by atoms with Crippen molar-refractivity contribution in [3.63, 3.8) is 0 Å². The van der Waals surface area contributed by atoms with Crippen LogP contribution in [0.2, 0.25) is 0 Å². The van der Waals surface area contributed by atoms with Crippen LogP contribution in [-0.4, -0.2) is 39.1 Å². The maximum atomic E-state index is 9.07. The van der Waals surface area contributed by atoms with E-state index in [0.717, 1.165) is 7.05 Å². The second-order valence-corrected chi connectivity index (χ2v) is 4.59. The molecule has 3 heteroatoms. The van der Waals surface area contributed by atoms with E-state index in [1.54, 1.807) is 6.07 Å². The van der Waals surface area contributed by atoms with Crippen molar-refractivity contribution in [1.82, 2.24) is 4.90 Å². The molecule has 1 saturated carbocycles. The Bertz CT molecular complexity index is 712. The minimum Gasteiger partial charge on any atom is -0.497 e. The fourth-order valence-corrected chi connectivity index (χ4v) is 2.27. The molecular weight excluding hydrogens is 238 g/mol. The molecule has 106 valence electrons. The van der Waals surface area contributed by atoms with Gasteiger partial charge in [0.05, 0.1) is 12.7 Å². The lowest BCUT2D eigenvalue weighted by Crippen LogP contribution is -2.43. The molecule has 1 aromatic rings. The summed E-state index contributed by atoms with van der Waals surface area (Å²) in [5.41, 5.74) is -2.35. The summed E-state index contributed by atoms with van der Waals surface area (Å²) in [7, 11) is 2.42. The van der Waals surface area contributed by atoms with E-state index in [2.05, 4.69) is 0 Å². The minimum absolute atomic E-state index is 0.0457. The summed E-state index contributed by atoms with van der Waals surface area (Å²) in [6.45, 7) is -5.72. The van der Waals surface area contributed by atoms with E-state index in [1.807, 2.05) is 0 Å². The summed E-state index contributed by atoms with van der Waals surface area (Å²) in [4.78, 5) is 0.433. The van der Waals surface area contributed by atoms with Crippen LogP contribution in [0.3, 0.4) is 0 Å². The molecule has 1 aromatic carbocycles. The molecule has 0 aliphatic heterocycles. The zero-order valence-corrected chi connectivity index (χ0v) is 11.2. The standard InChI is InChI=1S/C16H25NO2/c1-17(2)12-14-7-4-5-10-16(14,18)13-8-6-9-15(11-13)19-3/h6,8-9,11,14,18H,4-5,7,10,12H2,1-3H3/t14-,16+/m0/s1/i1D3,10D2,12D2,14D,18D. The first-order valence-corrected chi connectivity index (χ1v) is 6.24. The van der Waals surface area contributed by atoms with Crippen molar-refractivity contribution in [3.05, 3.63) is 29.8 Å². The molecule has 1 aliphatic carbocycles. The number of hydrogen-bond acceptors (Lipinski definition) is 3. The highest BCUT2D eigenvalue weighted by molar-refractivity contribution is 5.33. The third-order valence-corrected chi connectivity index (χ3v) is 3.18. The van der Waals surface area contributed by atoms with E-state index in [4.69, 9.17) is 22.2 Å². The fourth-order valence-electron chi connectivity index (χ4n) is 2.27. The monoisotopic (exact) mass is 272 g/mol. The molecule has 2 atom stereocenters. The van der Waals surface area contributed by atoms with Gasteiger partial charge in [0.1, 0.15) is 5.75 Å². The maximum absolute atomic E-state index is 9.07. The summed E-state index contributed by atoms with van der Waals surface area (Å²) < 4.78 is 79.0. The van der Waals surface area contributed by atoms with Gasteiger partial charge >= 0.3 is 0 Å². The van der Waals surface area contributed by atoms with Crippen molar-refractivity contribution in [2.45, 2.75) is 31.2 Å². The maximum Gasteiger partial charge on any atom is 0.211 e. The van der Waals surface area contributed by atoms with Crippen LogP contribution in [0.25, 0.3) is 0 Å². The number of ether oxygens (including phenoxy) is 1. The smallest absolute Gasteiger partial charge is 0.211 e. The zero-order chi connectivity index (χ0) is 21.6. The quantitative estimate of drug-likeness (QED) is 0.894. The first-order valence-electron chi connectivity index (χ1n) is 10.6. The van der Waals surface area contributed by atoms with Crippen molar-refractivity contribution < 1.29 is 20.8 Å². The van der Waals surface area contributed by atoms with Crippen LogP contribution >= 0.6 is 0 Å². The Balaban J connectivity index is 2.82. The average molecular weight is 272 g/mol. The number of aliphatic hydroxyl groups is 1. The number of nitrogens with zero attached hydrogens (tertiary/aromatic N) is 1. The van der Waals surface area contributed by atoms with Crippen LogP contribution in [0.1, 0.15) is 42.2 Å². The van der Waals surface area contributed by atoms with Gasteiger partial charge in [-0.25, -0.2) is 0 Å². The molecule has 3 nitrogen and oxygen atoms in total. The molecule has 0 amide bonds. The van der Waals surface area contributed by atoms with Gasteiger partial charge in [-0.1, -0.05) is 25.0 Å². The number of rotatable bonds is 5. The summed E-state index contributed by atoms with van der Waals surface area (Å²) >= 11 is 0. The second kappa shape index (κ2) is 5.93. The first kappa shape index (κ1) is 6.59. The largest absolute Gasteiger partial charge is 0.497 e. The average Bonchev–Trinajstić information content (AvgIpc) is 2.60. The Labute approximate surface area is 128 Å². The Morgan fingerprint density at radius 2 is 2.63 bits per heavy atom. The lowest BCUT2D eigenvalue weighted by molar-refractivity contribution is -0.0619. The SMILES string of the molecule is [2H]O[C@@]1(c2cccc(OC)c2)C([2H])([2H])CCC[C@@]1([2H])C([2H])([2H])N(C)C([2H])([2H])[2H]. The van der Waals surface area contributed by atoms with Crippen LogP contribution in [0.5, 0.6) is 5.75 Å². The van der Waals surface area contributed by atoms with E-state index >= 15 is 0 Å². The van der Waals surface area contributed by atoms with Crippen LogP contribution in [0, 0.1) is 5.89 Å². The third kappa shape index (κ3) is 3.10. The second-order valence-electron chi connectivity index (χ2n) is 4.59. The van der Waals surface area contributed by atoms with E-state index < -0.39 is 31.3 Å². The van der Waals surface area contributed by atoms with Gasteiger partial charge in [-0.3, -0.25) is 0 Å². The topological polar surface area (TPSA) is 32.7 Å². The molecule has 0 radical (unpaired) electrons. The van der Waals surface area contributed by atoms with Crippen molar-refractivity contribution in [1.29, 1.82) is 1.43 Å². The molecule has 2 rings (SSSR count). The first-order chi connectivity index (χ1) is 12.7. The highest BCUT2D eigenvalue weighted by atomic mass is 16.5. The van der Waals surface area contributed by atoms with E-state index in [1.165, 1.54) is 25.3 Å². The molecule has 0 saturated heterocycles. The molecule has 0 bridgehead atoms. The Kier molecular flexibility index (Phi) is 2.06. The fraction of sp³-hybridized carbons (Fsp3) is 0.625. The van der Waals surface area contributed by atoms with Gasteiger partial charge in [0.25, 0.3) is 0 Å². The molecule has 1 N–H and O–H groups in total. The van der Waals surface area contributed by atoms with Crippen LogP contribution < -0.4 is 4.74 Å². The molecule has 0 spiro atoms. The minimum atomic E-state index is -2.87. The predicted octanol–water partition coefficient (Wildman–Crippen LogP) is 2.63.